The van der Waals surface area contributed by atoms with E-state index in [4.69, 9.17) is 4.74 Å². The molecule has 0 bridgehead atoms. The van der Waals surface area contributed by atoms with Crippen molar-refractivity contribution in [2.75, 3.05) is 11.9 Å². The summed E-state index contributed by atoms with van der Waals surface area (Å²) in [6.07, 6.45) is 3.80. The monoisotopic (exact) mass is 275 g/mol. The summed E-state index contributed by atoms with van der Waals surface area (Å²) in [7, 11) is 0. The van der Waals surface area contributed by atoms with Gasteiger partial charge in [-0.3, -0.25) is 0 Å². The molecule has 1 atom stereocenters. The minimum atomic E-state index is -0.442. The van der Waals surface area contributed by atoms with E-state index in [1.165, 1.54) is 22.3 Å². The smallest absolute Gasteiger partial charge is 0.145 e. The van der Waals surface area contributed by atoms with Crippen molar-refractivity contribution in [3.05, 3.63) is 22.3 Å². The van der Waals surface area contributed by atoms with Crippen molar-refractivity contribution >= 4 is 12.0 Å². The van der Waals surface area contributed by atoms with Crippen LogP contribution in [0.25, 0.3) is 0 Å². The molecular weight excluding hydrogens is 250 g/mol. The van der Waals surface area contributed by atoms with E-state index >= 15 is 0 Å². The quantitative estimate of drug-likeness (QED) is 0.851. The Hall–Kier alpha value is -1.51. The first-order valence-corrected chi connectivity index (χ1v) is 7.43. The lowest BCUT2D eigenvalue weighted by Gasteiger charge is -2.35. The molecule has 1 aromatic carbocycles. The zero-order chi connectivity index (χ0) is 14.9. The first-order chi connectivity index (χ1) is 9.43. The molecule has 3 heteroatoms. The van der Waals surface area contributed by atoms with Gasteiger partial charge in [0.15, 0.2) is 0 Å². The number of hydrogen-bond acceptors (Lipinski definition) is 3. The predicted octanol–water partition coefficient (Wildman–Crippen LogP) is 3.72. The van der Waals surface area contributed by atoms with Crippen LogP contribution in [-0.2, 0) is 11.2 Å². The lowest BCUT2D eigenvalue weighted by atomic mass is 9.84. The third-order valence-corrected chi connectivity index (χ3v) is 4.39. The zero-order valence-corrected chi connectivity index (χ0v) is 13.2. The summed E-state index contributed by atoms with van der Waals surface area (Å²) in [5.41, 5.74) is 5.59. The average Bonchev–Trinajstić information content (AvgIpc) is 2.45. The SMILES string of the molecule is CCCOc1c(C)c(C)c2c(c1C)CCC(C)(C=O)N2. The fourth-order valence-corrected chi connectivity index (χ4v) is 2.91. The van der Waals surface area contributed by atoms with E-state index in [1.54, 1.807) is 0 Å². The summed E-state index contributed by atoms with van der Waals surface area (Å²) < 4.78 is 5.94. The first kappa shape index (κ1) is 14.9. The highest BCUT2D eigenvalue weighted by Crippen LogP contribution is 2.41. The van der Waals surface area contributed by atoms with Gasteiger partial charge in [-0.05, 0) is 69.2 Å². The van der Waals surface area contributed by atoms with Crippen molar-refractivity contribution in [2.24, 2.45) is 0 Å². The van der Waals surface area contributed by atoms with Crippen LogP contribution in [0.2, 0.25) is 0 Å². The van der Waals surface area contributed by atoms with Crippen molar-refractivity contribution in [2.45, 2.75) is 59.4 Å². The van der Waals surface area contributed by atoms with Crippen LogP contribution in [0.3, 0.4) is 0 Å². The third kappa shape index (κ3) is 2.41. The van der Waals surface area contributed by atoms with Gasteiger partial charge in [0.25, 0.3) is 0 Å². The van der Waals surface area contributed by atoms with Gasteiger partial charge in [-0.25, -0.2) is 0 Å². The maximum Gasteiger partial charge on any atom is 0.145 e. The van der Waals surface area contributed by atoms with Crippen molar-refractivity contribution in [3.63, 3.8) is 0 Å². The van der Waals surface area contributed by atoms with Crippen molar-refractivity contribution in [3.8, 4) is 5.75 Å². The second kappa shape index (κ2) is 5.47. The first-order valence-electron chi connectivity index (χ1n) is 7.43. The Balaban J connectivity index is 2.51. The van der Waals surface area contributed by atoms with E-state index in [0.717, 1.165) is 43.6 Å². The molecule has 1 aliphatic heterocycles. The highest BCUT2D eigenvalue weighted by molar-refractivity contribution is 5.77. The average molecular weight is 275 g/mol. The molecule has 0 aliphatic carbocycles. The number of nitrogens with one attached hydrogen (secondary N) is 1. The fourth-order valence-electron chi connectivity index (χ4n) is 2.91. The van der Waals surface area contributed by atoms with E-state index in [1.807, 2.05) is 6.92 Å². The van der Waals surface area contributed by atoms with Gasteiger partial charge in [0.05, 0.1) is 12.1 Å². The largest absolute Gasteiger partial charge is 0.493 e. The van der Waals surface area contributed by atoms with Gasteiger partial charge < -0.3 is 14.8 Å². The lowest BCUT2D eigenvalue weighted by Crippen LogP contribution is -2.40. The second-order valence-corrected chi connectivity index (χ2v) is 6.07. The summed E-state index contributed by atoms with van der Waals surface area (Å²) in [6.45, 7) is 11.2. The molecule has 1 N–H and O–H groups in total. The molecular formula is C17H25NO2. The van der Waals surface area contributed by atoms with Crippen LogP contribution < -0.4 is 10.1 Å². The molecule has 0 saturated heterocycles. The molecule has 0 spiro atoms. The van der Waals surface area contributed by atoms with Gasteiger partial charge in [0, 0.05) is 5.69 Å². The molecule has 0 saturated carbocycles. The Labute approximate surface area is 121 Å². The summed E-state index contributed by atoms with van der Waals surface area (Å²) >= 11 is 0. The van der Waals surface area contributed by atoms with Crippen LogP contribution >= 0.6 is 0 Å². The maximum absolute atomic E-state index is 11.3. The Kier molecular flexibility index (Phi) is 4.07. The van der Waals surface area contributed by atoms with E-state index in [0.29, 0.717) is 0 Å². The standard InChI is InChI=1S/C17H25NO2/c1-6-9-20-16-12(3)11(2)15-14(13(16)4)7-8-17(5,10-19)18-15/h10,18H,6-9H2,1-5H3. The Morgan fingerprint density at radius 1 is 1.25 bits per heavy atom. The fraction of sp³-hybridized carbons (Fsp3) is 0.588. The number of anilines is 1. The normalized spacial score (nSPS) is 21.1. The lowest BCUT2D eigenvalue weighted by molar-refractivity contribution is -0.111. The van der Waals surface area contributed by atoms with Crippen LogP contribution in [0.15, 0.2) is 0 Å². The molecule has 0 amide bonds. The highest BCUT2D eigenvalue weighted by Gasteiger charge is 2.32. The van der Waals surface area contributed by atoms with Crippen molar-refractivity contribution in [1.82, 2.24) is 0 Å². The molecule has 0 aromatic heterocycles. The minimum absolute atomic E-state index is 0.442. The molecule has 1 heterocycles. The van der Waals surface area contributed by atoms with E-state index in [2.05, 4.69) is 33.0 Å². The van der Waals surface area contributed by atoms with Crippen molar-refractivity contribution in [1.29, 1.82) is 0 Å². The molecule has 0 fully saturated rings. The molecule has 1 aromatic rings. The molecule has 1 aliphatic rings. The number of hydrogen-bond donors (Lipinski definition) is 1. The van der Waals surface area contributed by atoms with E-state index in [-0.39, 0.29) is 0 Å². The van der Waals surface area contributed by atoms with Crippen molar-refractivity contribution < 1.29 is 9.53 Å². The van der Waals surface area contributed by atoms with Gasteiger partial charge in [-0.2, -0.15) is 0 Å². The topological polar surface area (TPSA) is 38.3 Å². The van der Waals surface area contributed by atoms with Crippen LogP contribution in [0.4, 0.5) is 5.69 Å². The summed E-state index contributed by atoms with van der Waals surface area (Å²) in [5.74, 6) is 1.03. The number of benzene rings is 1. The van der Waals surface area contributed by atoms with E-state index < -0.39 is 5.54 Å². The number of rotatable bonds is 4. The molecule has 2 rings (SSSR count). The summed E-state index contributed by atoms with van der Waals surface area (Å²) in [5, 5.41) is 3.43. The minimum Gasteiger partial charge on any atom is -0.493 e. The van der Waals surface area contributed by atoms with Crippen LogP contribution in [0.5, 0.6) is 5.75 Å². The molecule has 0 radical (unpaired) electrons. The Morgan fingerprint density at radius 3 is 2.55 bits per heavy atom. The molecule has 3 nitrogen and oxygen atoms in total. The maximum atomic E-state index is 11.3. The molecule has 20 heavy (non-hydrogen) atoms. The van der Waals surface area contributed by atoms with Crippen LogP contribution in [0.1, 0.15) is 48.9 Å². The van der Waals surface area contributed by atoms with Gasteiger partial charge >= 0.3 is 0 Å². The Morgan fingerprint density at radius 2 is 1.95 bits per heavy atom. The second-order valence-electron chi connectivity index (χ2n) is 6.07. The number of carbonyl (C=O) groups excluding carboxylic acids is 1. The van der Waals surface area contributed by atoms with E-state index in [9.17, 15) is 4.79 Å². The summed E-state index contributed by atoms with van der Waals surface area (Å²) in [6, 6.07) is 0. The molecule has 110 valence electrons. The summed E-state index contributed by atoms with van der Waals surface area (Å²) in [4.78, 5) is 11.3. The van der Waals surface area contributed by atoms with Gasteiger partial charge in [-0.1, -0.05) is 6.92 Å². The van der Waals surface area contributed by atoms with Gasteiger partial charge in [0.2, 0.25) is 0 Å². The third-order valence-electron chi connectivity index (χ3n) is 4.39. The Bertz CT molecular complexity index is 537. The van der Waals surface area contributed by atoms with Gasteiger partial charge in [-0.15, -0.1) is 0 Å². The molecule has 1 unspecified atom stereocenters. The predicted molar refractivity (Wildman–Crippen MR) is 82.9 cm³/mol. The number of carbonyl (C=O) groups is 1. The number of fused-ring (bicyclic) bond motifs is 1. The number of ether oxygens (including phenoxy) is 1. The zero-order valence-electron chi connectivity index (χ0n) is 13.2. The van der Waals surface area contributed by atoms with Gasteiger partial charge in [0.1, 0.15) is 12.0 Å². The van der Waals surface area contributed by atoms with Crippen LogP contribution in [0, 0.1) is 20.8 Å². The highest BCUT2D eigenvalue weighted by atomic mass is 16.5. The number of aldehydes is 1. The van der Waals surface area contributed by atoms with Crippen LogP contribution in [-0.4, -0.2) is 18.4 Å².